The smallest absolute Gasteiger partial charge is 0.329 e. The van der Waals surface area contributed by atoms with E-state index in [-0.39, 0.29) is 5.69 Å². The molecule has 0 radical (unpaired) electrons. The molecule has 0 bridgehead atoms. The van der Waals surface area contributed by atoms with Gasteiger partial charge < -0.3 is 19.5 Å². The molecule has 26 heavy (non-hydrogen) atoms. The Hall–Kier alpha value is -3.10. The van der Waals surface area contributed by atoms with E-state index in [1.165, 1.54) is 25.6 Å². The highest BCUT2D eigenvalue weighted by molar-refractivity contribution is 5.96. The number of fused-ring (bicyclic) bond motifs is 1. The van der Waals surface area contributed by atoms with Crippen LogP contribution in [-0.4, -0.2) is 62.7 Å². The van der Waals surface area contributed by atoms with E-state index in [2.05, 4.69) is 10.3 Å². The Balaban J connectivity index is 1.93. The Kier molecular flexibility index (Phi) is 4.31. The summed E-state index contributed by atoms with van der Waals surface area (Å²) in [5.74, 6) is -0.374. The maximum Gasteiger partial charge on any atom is 0.329 e. The van der Waals surface area contributed by atoms with Crippen molar-refractivity contribution in [3.8, 4) is 17.2 Å². The lowest BCUT2D eigenvalue weighted by atomic mass is 10.0. The normalized spacial score (nSPS) is 13.4. The summed E-state index contributed by atoms with van der Waals surface area (Å²) in [5, 5.41) is 17.3. The van der Waals surface area contributed by atoms with Crippen molar-refractivity contribution < 1.29 is 24.2 Å². The van der Waals surface area contributed by atoms with Crippen LogP contribution in [0.4, 0.5) is 0 Å². The minimum Gasteiger partial charge on any atom is -0.486 e. The summed E-state index contributed by atoms with van der Waals surface area (Å²) in [7, 11) is 1.43. The Morgan fingerprint density at radius 2 is 1.88 bits per heavy atom. The molecule has 1 aliphatic rings. The van der Waals surface area contributed by atoms with Gasteiger partial charge in [-0.25, -0.2) is 9.48 Å². The number of rotatable bonds is 4. The maximum atomic E-state index is 12.7. The third kappa shape index (κ3) is 2.85. The molecule has 0 saturated carbocycles. The fourth-order valence-electron chi connectivity index (χ4n) is 2.49. The number of amides is 1. The largest absolute Gasteiger partial charge is 0.486 e. The molecular formula is C17H20N4O5. The summed E-state index contributed by atoms with van der Waals surface area (Å²) in [6.45, 7) is 5.57. The topological polar surface area (TPSA) is 107 Å². The predicted molar refractivity (Wildman–Crippen MR) is 90.9 cm³/mol. The molecule has 2 aromatic rings. The molecule has 0 atom stereocenters. The Labute approximate surface area is 150 Å². The van der Waals surface area contributed by atoms with Crippen LogP contribution in [0, 0.1) is 6.92 Å². The third-order valence-electron chi connectivity index (χ3n) is 4.53. The zero-order chi connectivity index (χ0) is 19.1. The summed E-state index contributed by atoms with van der Waals surface area (Å²) >= 11 is 0. The molecular weight excluding hydrogens is 340 g/mol. The van der Waals surface area contributed by atoms with Crippen LogP contribution in [0.2, 0.25) is 0 Å². The van der Waals surface area contributed by atoms with E-state index >= 15 is 0 Å². The summed E-state index contributed by atoms with van der Waals surface area (Å²) in [5.41, 5.74) is -0.112. The zero-order valence-corrected chi connectivity index (χ0v) is 15.0. The summed E-state index contributed by atoms with van der Waals surface area (Å²) < 4.78 is 12.6. The zero-order valence-electron chi connectivity index (χ0n) is 15.0. The van der Waals surface area contributed by atoms with Gasteiger partial charge in [-0.1, -0.05) is 5.21 Å². The lowest BCUT2D eigenvalue weighted by molar-refractivity contribution is -0.147. The first-order chi connectivity index (χ1) is 12.2. The molecule has 3 rings (SSSR count). The first-order valence-corrected chi connectivity index (χ1v) is 8.07. The van der Waals surface area contributed by atoms with Gasteiger partial charge in [-0.3, -0.25) is 4.79 Å². The van der Waals surface area contributed by atoms with Crippen LogP contribution >= 0.6 is 0 Å². The van der Waals surface area contributed by atoms with Gasteiger partial charge in [-0.2, -0.15) is 0 Å². The number of hydrogen-bond donors (Lipinski definition) is 1. The number of carbonyl (C=O) groups excluding carboxylic acids is 1. The SMILES string of the molecule is Cc1c(C(=O)N(C)C(C)(C)C(=O)O)nnn1-c1ccc2c(c1)OCCO2. The number of aromatic nitrogens is 3. The minimum atomic E-state index is -1.37. The van der Waals surface area contributed by atoms with E-state index in [0.717, 1.165) is 4.90 Å². The van der Waals surface area contributed by atoms with E-state index in [9.17, 15) is 14.7 Å². The quantitative estimate of drug-likeness (QED) is 0.875. The molecule has 138 valence electrons. The average Bonchev–Trinajstić information content (AvgIpc) is 3.01. The molecule has 1 aliphatic heterocycles. The van der Waals surface area contributed by atoms with Gasteiger partial charge in [0, 0.05) is 13.1 Å². The molecule has 2 heterocycles. The average molecular weight is 360 g/mol. The number of hydrogen-bond acceptors (Lipinski definition) is 6. The lowest BCUT2D eigenvalue weighted by Gasteiger charge is -2.30. The van der Waals surface area contributed by atoms with Crippen LogP contribution in [0.1, 0.15) is 30.0 Å². The molecule has 0 fully saturated rings. The van der Waals surface area contributed by atoms with Gasteiger partial charge in [-0.15, -0.1) is 5.10 Å². The molecule has 1 amide bonds. The van der Waals surface area contributed by atoms with Crippen molar-refractivity contribution in [1.29, 1.82) is 0 Å². The Morgan fingerprint density at radius 3 is 2.54 bits per heavy atom. The van der Waals surface area contributed by atoms with E-state index in [4.69, 9.17) is 9.47 Å². The fraction of sp³-hybridized carbons (Fsp3) is 0.412. The van der Waals surface area contributed by atoms with Gasteiger partial charge in [0.15, 0.2) is 17.2 Å². The van der Waals surface area contributed by atoms with Crippen LogP contribution in [0.5, 0.6) is 11.5 Å². The van der Waals surface area contributed by atoms with Crippen LogP contribution < -0.4 is 9.47 Å². The molecule has 0 aliphatic carbocycles. The third-order valence-corrected chi connectivity index (χ3v) is 4.53. The fourth-order valence-corrected chi connectivity index (χ4v) is 2.49. The highest BCUT2D eigenvalue weighted by Gasteiger charge is 2.37. The Bertz CT molecular complexity index is 874. The van der Waals surface area contributed by atoms with Crippen molar-refractivity contribution in [1.82, 2.24) is 19.9 Å². The van der Waals surface area contributed by atoms with Crippen LogP contribution in [0.15, 0.2) is 18.2 Å². The molecule has 0 saturated heterocycles. The molecule has 9 nitrogen and oxygen atoms in total. The molecule has 0 spiro atoms. The first kappa shape index (κ1) is 17.7. The minimum absolute atomic E-state index is 0.0942. The number of aliphatic carboxylic acids is 1. The van der Waals surface area contributed by atoms with Crippen molar-refractivity contribution in [3.63, 3.8) is 0 Å². The van der Waals surface area contributed by atoms with Gasteiger partial charge in [0.25, 0.3) is 5.91 Å². The monoisotopic (exact) mass is 360 g/mol. The molecule has 1 aromatic carbocycles. The van der Waals surface area contributed by atoms with Crippen molar-refractivity contribution >= 4 is 11.9 Å². The van der Waals surface area contributed by atoms with Crippen molar-refractivity contribution in [2.24, 2.45) is 0 Å². The van der Waals surface area contributed by atoms with Crippen LogP contribution in [-0.2, 0) is 4.79 Å². The molecule has 1 N–H and O–H groups in total. The second-order valence-corrected chi connectivity index (χ2v) is 6.49. The lowest BCUT2D eigenvalue weighted by Crippen LogP contribution is -2.51. The predicted octanol–water partition coefficient (Wildman–Crippen LogP) is 1.28. The van der Waals surface area contributed by atoms with Crippen molar-refractivity contribution in [2.45, 2.75) is 26.3 Å². The Morgan fingerprint density at radius 1 is 1.23 bits per heavy atom. The molecule has 0 unspecified atom stereocenters. The molecule has 1 aromatic heterocycles. The van der Waals surface area contributed by atoms with E-state index in [0.29, 0.717) is 36.1 Å². The number of nitrogens with zero attached hydrogens (tertiary/aromatic N) is 4. The maximum absolute atomic E-state index is 12.7. The number of benzene rings is 1. The number of carboxylic acids is 1. The van der Waals surface area contributed by atoms with Gasteiger partial charge in [-0.05, 0) is 32.9 Å². The summed E-state index contributed by atoms with van der Waals surface area (Å²) in [4.78, 5) is 25.2. The molecule has 9 heteroatoms. The van der Waals surface area contributed by atoms with Gasteiger partial charge >= 0.3 is 5.97 Å². The number of likely N-dealkylation sites (N-methyl/N-ethyl adjacent to an activating group) is 1. The summed E-state index contributed by atoms with van der Waals surface area (Å²) in [6.07, 6.45) is 0. The number of ether oxygens (including phenoxy) is 2. The second kappa shape index (κ2) is 6.32. The first-order valence-electron chi connectivity index (χ1n) is 8.07. The van der Waals surface area contributed by atoms with Gasteiger partial charge in [0.05, 0.1) is 11.4 Å². The van der Waals surface area contributed by atoms with Crippen LogP contribution in [0.3, 0.4) is 0 Å². The second-order valence-electron chi connectivity index (χ2n) is 6.49. The number of carbonyl (C=O) groups is 2. The highest BCUT2D eigenvalue weighted by Crippen LogP contribution is 2.32. The standard InChI is InChI=1S/C17H20N4O5/c1-10-14(15(22)20(4)17(2,3)16(23)24)18-19-21(10)11-5-6-12-13(9-11)26-8-7-25-12/h5-6,9H,7-8H2,1-4H3,(H,23,24). The summed E-state index contributed by atoms with van der Waals surface area (Å²) in [6, 6.07) is 5.32. The van der Waals surface area contributed by atoms with E-state index < -0.39 is 17.4 Å². The van der Waals surface area contributed by atoms with Crippen LogP contribution in [0.25, 0.3) is 5.69 Å². The van der Waals surface area contributed by atoms with E-state index in [1.54, 1.807) is 25.1 Å². The van der Waals surface area contributed by atoms with Gasteiger partial charge in [0.2, 0.25) is 0 Å². The van der Waals surface area contributed by atoms with Crippen molar-refractivity contribution in [3.05, 3.63) is 29.6 Å². The van der Waals surface area contributed by atoms with E-state index in [1.807, 2.05) is 0 Å². The highest BCUT2D eigenvalue weighted by atomic mass is 16.6. The van der Waals surface area contributed by atoms with Crippen molar-refractivity contribution in [2.75, 3.05) is 20.3 Å². The number of carboxylic acid groups (broad SMARTS) is 1. The van der Waals surface area contributed by atoms with Gasteiger partial charge in [0.1, 0.15) is 18.8 Å².